The molecule has 8 nitrogen and oxygen atoms in total. The maximum absolute atomic E-state index is 12.4. The number of aromatic nitrogens is 3. The maximum Gasteiger partial charge on any atom is 0.253 e. The Morgan fingerprint density at radius 3 is 2.56 bits per heavy atom. The predicted molar refractivity (Wildman–Crippen MR) is 126 cm³/mol. The highest BCUT2D eigenvalue weighted by Gasteiger charge is 2.15. The van der Waals surface area contributed by atoms with E-state index in [9.17, 15) is 9.59 Å². The van der Waals surface area contributed by atoms with E-state index in [0.717, 1.165) is 5.75 Å². The molecule has 11 heteroatoms. The number of nitrogens with one attached hydrogen (secondary N) is 2. The zero-order valence-electron chi connectivity index (χ0n) is 17.4. The third kappa shape index (κ3) is 6.38. The summed E-state index contributed by atoms with van der Waals surface area (Å²) in [7, 11) is 1.77. The van der Waals surface area contributed by atoms with E-state index in [1.54, 1.807) is 48.0 Å². The maximum atomic E-state index is 12.4. The summed E-state index contributed by atoms with van der Waals surface area (Å²) < 4.78 is 7.10. The van der Waals surface area contributed by atoms with Crippen LogP contribution in [0.15, 0.2) is 47.6 Å². The Bertz CT molecular complexity index is 1110. The molecule has 0 saturated heterocycles. The van der Waals surface area contributed by atoms with Crippen molar-refractivity contribution in [1.29, 1.82) is 0 Å². The molecule has 2 aromatic carbocycles. The van der Waals surface area contributed by atoms with Crippen LogP contribution in [0, 0.1) is 0 Å². The first-order chi connectivity index (χ1) is 15.4. The summed E-state index contributed by atoms with van der Waals surface area (Å²) in [4.78, 5) is 24.6. The molecule has 0 saturated carbocycles. The van der Waals surface area contributed by atoms with E-state index in [1.165, 1.54) is 17.8 Å². The number of nitrogens with zero attached hydrogens (tertiary/aromatic N) is 3. The molecule has 1 heterocycles. The van der Waals surface area contributed by atoms with E-state index in [0.29, 0.717) is 33.9 Å². The Labute approximate surface area is 199 Å². The van der Waals surface area contributed by atoms with E-state index < -0.39 is 0 Å². The quantitative estimate of drug-likeness (QED) is 0.433. The van der Waals surface area contributed by atoms with E-state index >= 15 is 0 Å². The van der Waals surface area contributed by atoms with Gasteiger partial charge in [-0.15, -0.1) is 10.2 Å². The molecule has 2 N–H and O–H groups in total. The number of hydrogen-bond acceptors (Lipinski definition) is 6. The van der Waals surface area contributed by atoms with E-state index in [4.69, 9.17) is 27.9 Å². The predicted octanol–water partition coefficient (Wildman–Crippen LogP) is 4.18. The largest absolute Gasteiger partial charge is 0.494 e. The standard InChI is InChI=1S/C21H21Cl2N5O3S/c1-3-31-15-7-5-14(6-8-15)25-19(29)12-32-21-27-26-18(28(21)2)11-24-20(30)16-9-4-13(22)10-17(16)23/h4-10H,3,11-12H2,1-2H3,(H,24,30)(H,25,29). The van der Waals surface area contributed by atoms with Crippen LogP contribution < -0.4 is 15.4 Å². The molecule has 3 aromatic rings. The van der Waals surface area contributed by atoms with Crippen molar-refractivity contribution in [2.24, 2.45) is 7.05 Å². The number of carbonyl (C=O) groups excluding carboxylic acids is 2. The van der Waals surface area contributed by atoms with Crippen molar-refractivity contribution < 1.29 is 14.3 Å². The van der Waals surface area contributed by atoms with Crippen molar-refractivity contribution in [2.45, 2.75) is 18.6 Å². The lowest BCUT2D eigenvalue weighted by atomic mass is 10.2. The number of rotatable bonds is 9. The Kier molecular flexibility index (Phi) is 8.38. The van der Waals surface area contributed by atoms with Crippen LogP contribution in [0.25, 0.3) is 0 Å². The number of benzene rings is 2. The fourth-order valence-corrected chi connectivity index (χ4v) is 3.91. The van der Waals surface area contributed by atoms with Crippen molar-refractivity contribution in [1.82, 2.24) is 20.1 Å². The Hall–Kier alpha value is -2.75. The summed E-state index contributed by atoms with van der Waals surface area (Å²) in [5, 5.41) is 15.0. The lowest BCUT2D eigenvalue weighted by molar-refractivity contribution is -0.113. The lowest BCUT2D eigenvalue weighted by Gasteiger charge is -2.08. The van der Waals surface area contributed by atoms with Crippen molar-refractivity contribution in [3.63, 3.8) is 0 Å². The van der Waals surface area contributed by atoms with Crippen molar-refractivity contribution in [3.05, 3.63) is 63.9 Å². The minimum atomic E-state index is -0.349. The second-order valence-electron chi connectivity index (χ2n) is 6.56. The summed E-state index contributed by atoms with van der Waals surface area (Å²) in [6, 6.07) is 11.8. The zero-order valence-corrected chi connectivity index (χ0v) is 19.7. The first kappa shape index (κ1) is 23.9. The first-order valence-electron chi connectivity index (χ1n) is 9.64. The van der Waals surface area contributed by atoms with Crippen LogP contribution in [0.2, 0.25) is 10.0 Å². The molecule has 0 atom stereocenters. The number of halogens is 2. The third-order valence-electron chi connectivity index (χ3n) is 4.29. The molecule has 0 radical (unpaired) electrons. The highest BCUT2D eigenvalue weighted by atomic mass is 35.5. The van der Waals surface area contributed by atoms with Gasteiger partial charge in [-0.05, 0) is 49.4 Å². The van der Waals surface area contributed by atoms with Crippen molar-refractivity contribution >= 4 is 52.5 Å². The smallest absolute Gasteiger partial charge is 0.253 e. The summed E-state index contributed by atoms with van der Waals surface area (Å²) in [5.41, 5.74) is 1.00. The SMILES string of the molecule is CCOc1ccc(NC(=O)CSc2nnc(CNC(=O)c3ccc(Cl)cc3Cl)n2C)cc1. The molecule has 0 spiro atoms. The molecular weight excluding hydrogens is 473 g/mol. The summed E-state index contributed by atoms with van der Waals surface area (Å²) in [5.74, 6) is 0.925. The van der Waals surface area contributed by atoms with Crippen LogP contribution in [0.4, 0.5) is 5.69 Å². The topological polar surface area (TPSA) is 98.1 Å². The van der Waals surface area contributed by atoms with Crippen LogP contribution in [0.1, 0.15) is 23.1 Å². The average Bonchev–Trinajstić information content (AvgIpc) is 3.11. The van der Waals surface area contributed by atoms with Crippen LogP contribution in [-0.2, 0) is 18.4 Å². The fourth-order valence-electron chi connectivity index (χ4n) is 2.68. The van der Waals surface area contributed by atoms with Gasteiger partial charge in [0, 0.05) is 17.8 Å². The van der Waals surface area contributed by atoms with Gasteiger partial charge in [0.25, 0.3) is 5.91 Å². The Balaban J connectivity index is 1.50. The fraction of sp³-hybridized carbons (Fsp3) is 0.238. The summed E-state index contributed by atoms with van der Waals surface area (Å²) in [6.07, 6.45) is 0. The molecule has 0 fully saturated rings. The van der Waals surface area contributed by atoms with Gasteiger partial charge in [-0.1, -0.05) is 35.0 Å². The second-order valence-corrected chi connectivity index (χ2v) is 8.35. The Morgan fingerprint density at radius 2 is 1.88 bits per heavy atom. The molecule has 32 heavy (non-hydrogen) atoms. The number of hydrogen-bond donors (Lipinski definition) is 2. The number of amides is 2. The van der Waals surface area contributed by atoms with E-state index in [1.807, 2.05) is 6.92 Å². The highest BCUT2D eigenvalue weighted by Crippen LogP contribution is 2.21. The summed E-state index contributed by atoms with van der Waals surface area (Å²) in [6.45, 7) is 2.65. The molecule has 0 aliphatic rings. The van der Waals surface area contributed by atoms with Gasteiger partial charge in [0.2, 0.25) is 5.91 Å². The van der Waals surface area contributed by atoms with Crippen LogP contribution in [-0.4, -0.2) is 38.9 Å². The van der Waals surface area contributed by atoms with Crippen LogP contribution >= 0.6 is 35.0 Å². The summed E-state index contributed by atoms with van der Waals surface area (Å²) >= 11 is 13.2. The molecule has 168 valence electrons. The molecule has 2 amide bonds. The first-order valence-corrected chi connectivity index (χ1v) is 11.4. The Morgan fingerprint density at radius 1 is 1.12 bits per heavy atom. The molecular formula is C21H21Cl2N5O3S. The number of anilines is 1. The molecule has 0 aliphatic carbocycles. The minimum Gasteiger partial charge on any atom is -0.494 e. The van der Waals surface area contributed by atoms with Gasteiger partial charge in [-0.3, -0.25) is 9.59 Å². The van der Waals surface area contributed by atoms with Crippen molar-refractivity contribution in [3.8, 4) is 5.75 Å². The molecule has 3 rings (SSSR count). The number of carbonyl (C=O) groups is 2. The van der Waals surface area contributed by atoms with Gasteiger partial charge in [0.05, 0.1) is 29.5 Å². The van der Waals surface area contributed by atoms with Gasteiger partial charge < -0.3 is 19.9 Å². The van der Waals surface area contributed by atoms with Crippen LogP contribution in [0.3, 0.4) is 0 Å². The minimum absolute atomic E-state index is 0.153. The van der Waals surface area contributed by atoms with Gasteiger partial charge in [0.1, 0.15) is 5.75 Å². The second kappa shape index (κ2) is 11.2. The lowest BCUT2D eigenvalue weighted by Crippen LogP contribution is -2.24. The average molecular weight is 494 g/mol. The molecule has 0 bridgehead atoms. The van der Waals surface area contributed by atoms with Gasteiger partial charge >= 0.3 is 0 Å². The van der Waals surface area contributed by atoms with Gasteiger partial charge in [-0.2, -0.15) is 0 Å². The molecule has 0 unspecified atom stereocenters. The van der Waals surface area contributed by atoms with Crippen molar-refractivity contribution in [2.75, 3.05) is 17.7 Å². The highest BCUT2D eigenvalue weighted by molar-refractivity contribution is 7.99. The van der Waals surface area contributed by atoms with E-state index in [2.05, 4.69) is 20.8 Å². The van der Waals surface area contributed by atoms with Crippen LogP contribution in [0.5, 0.6) is 5.75 Å². The third-order valence-corrected chi connectivity index (χ3v) is 5.86. The monoisotopic (exact) mass is 493 g/mol. The van der Waals surface area contributed by atoms with E-state index in [-0.39, 0.29) is 29.1 Å². The normalized spacial score (nSPS) is 10.6. The molecule has 0 aliphatic heterocycles. The zero-order chi connectivity index (χ0) is 23.1. The molecule has 1 aromatic heterocycles. The number of thioether (sulfide) groups is 1. The van der Waals surface area contributed by atoms with Gasteiger partial charge in [-0.25, -0.2) is 0 Å². The number of ether oxygens (including phenoxy) is 1. The van der Waals surface area contributed by atoms with Gasteiger partial charge in [0.15, 0.2) is 11.0 Å².